The van der Waals surface area contributed by atoms with Crippen LogP contribution in [0.25, 0.3) is 0 Å². The number of imidazole rings is 1. The second kappa shape index (κ2) is 8.30. The highest BCUT2D eigenvalue weighted by Gasteiger charge is 2.19. The van der Waals surface area contributed by atoms with Crippen molar-refractivity contribution in [2.24, 2.45) is 5.41 Å². The van der Waals surface area contributed by atoms with E-state index in [4.69, 9.17) is 9.47 Å². The molecule has 0 amide bonds. The molecule has 1 N–H and O–H groups in total. The van der Waals surface area contributed by atoms with Crippen molar-refractivity contribution in [3.63, 3.8) is 0 Å². The molecule has 0 aromatic carbocycles. The van der Waals surface area contributed by atoms with Crippen LogP contribution in [0.2, 0.25) is 0 Å². The van der Waals surface area contributed by atoms with E-state index in [0.717, 1.165) is 39.3 Å². The second-order valence-electron chi connectivity index (χ2n) is 5.59. The Bertz CT molecular complexity index is 350. The van der Waals surface area contributed by atoms with Gasteiger partial charge in [-0.25, -0.2) is 4.98 Å². The highest BCUT2D eigenvalue weighted by Crippen LogP contribution is 2.23. The van der Waals surface area contributed by atoms with Crippen molar-refractivity contribution in [1.29, 1.82) is 0 Å². The summed E-state index contributed by atoms with van der Waals surface area (Å²) in [5.74, 6) is 0. The third-order valence-corrected chi connectivity index (χ3v) is 3.17. The molecule has 1 aromatic heterocycles. The first kappa shape index (κ1) is 16.1. The summed E-state index contributed by atoms with van der Waals surface area (Å²) in [4.78, 5) is 4.25. The molecule has 0 fully saturated rings. The quantitative estimate of drug-likeness (QED) is 0.657. The Morgan fingerprint density at radius 1 is 1.26 bits per heavy atom. The van der Waals surface area contributed by atoms with E-state index in [1.54, 1.807) is 14.2 Å². The Kier molecular flexibility index (Phi) is 7.05. The van der Waals surface area contributed by atoms with Crippen LogP contribution in [0.1, 0.15) is 26.0 Å². The van der Waals surface area contributed by atoms with Gasteiger partial charge in [-0.15, -0.1) is 0 Å². The summed E-state index contributed by atoms with van der Waals surface area (Å²) in [6.45, 7) is 8.68. The number of nitrogens with one attached hydrogen (secondary N) is 1. The Morgan fingerprint density at radius 2 is 2.00 bits per heavy atom. The van der Waals surface area contributed by atoms with Crippen molar-refractivity contribution >= 4 is 0 Å². The van der Waals surface area contributed by atoms with Crippen molar-refractivity contribution in [2.45, 2.75) is 33.4 Å². The first-order valence-electron chi connectivity index (χ1n) is 6.76. The van der Waals surface area contributed by atoms with Gasteiger partial charge in [-0.1, -0.05) is 13.8 Å². The van der Waals surface area contributed by atoms with E-state index in [1.807, 2.05) is 12.5 Å². The maximum absolute atomic E-state index is 5.17. The zero-order valence-corrected chi connectivity index (χ0v) is 12.6. The number of aromatic nitrogens is 2. The fourth-order valence-electron chi connectivity index (χ4n) is 1.95. The van der Waals surface area contributed by atoms with Gasteiger partial charge in [-0.3, -0.25) is 0 Å². The van der Waals surface area contributed by atoms with Crippen LogP contribution >= 0.6 is 0 Å². The highest BCUT2D eigenvalue weighted by atomic mass is 16.5. The number of ether oxygens (including phenoxy) is 2. The van der Waals surface area contributed by atoms with Gasteiger partial charge in [0, 0.05) is 46.7 Å². The normalized spacial score (nSPS) is 12.0. The minimum atomic E-state index is 0.206. The Morgan fingerprint density at radius 3 is 2.68 bits per heavy atom. The molecule has 1 rings (SSSR count). The number of nitrogens with zero attached hydrogens (tertiary/aromatic N) is 2. The third-order valence-electron chi connectivity index (χ3n) is 3.17. The summed E-state index contributed by atoms with van der Waals surface area (Å²) >= 11 is 0. The summed E-state index contributed by atoms with van der Waals surface area (Å²) in [5, 5.41) is 3.35. The third kappa shape index (κ3) is 6.18. The largest absolute Gasteiger partial charge is 0.385 e. The SMILES string of the molecule is COCCNCc1cncn1CC(C)(C)CCOC. The fraction of sp³-hybridized carbons (Fsp3) is 0.786. The van der Waals surface area contributed by atoms with E-state index < -0.39 is 0 Å². The Balaban J connectivity index is 2.47. The summed E-state index contributed by atoms with van der Waals surface area (Å²) in [6, 6.07) is 0. The molecule has 110 valence electrons. The van der Waals surface area contributed by atoms with Crippen LogP contribution in [0.3, 0.4) is 0 Å². The molecule has 5 nitrogen and oxygen atoms in total. The number of methoxy groups -OCH3 is 2. The van der Waals surface area contributed by atoms with Crippen LogP contribution in [0, 0.1) is 5.41 Å². The molecule has 1 aromatic rings. The number of hydrogen-bond acceptors (Lipinski definition) is 4. The van der Waals surface area contributed by atoms with Crippen LogP contribution in [0.5, 0.6) is 0 Å². The van der Waals surface area contributed by atoms with E-state index in [9.17, 15) is 0 Å². The monoisotopic (exact) mass is 269 g/mol. The molecule has 1 heterocycles. The topological polar surface area (TPSA) is 48.3 Å². The second-order valence-corrected chi connectivity index (χ2v) is 5.59. The predicted molar refractivity (Wildman–Crippen MR) is 76.1 cm³/mol. The molecule has 0 bridgehead atoms. The lowest BCUT2D eigenvalue weighted by Gasteiger charge is -2.25. The minimum Gasteiger partial charge on any atom is -0.385 e. The maximum atomic E-state index is 5.17. The van der Waals surface area contributed by atoms with E-state index >= 15 is 0 Å². The zero-order chi connectivity index (χ0) is 14.1. The van der Waals surface area contributed by atoms with Gasteiger partial charge in [0.15, 0.2) is 0 Å². The number of hydrogen-bond donors (Lipinski definition) is 1. The van der Waals surface area contributed by atoms with E-state index in [1.165, 1.54) is 5.69 Å². The lowest BCUT2D eigenvalue weighted by molar-refractivity contribution is 0.142. The average molecular weight is 269 g/mol. The standard InChI is InChI=1S/C14H27N3O2/c1-14(2,5-7-18-3)11-17-12-16-10-13(17)9-15-6-8-19-4/h10,12,15H,5-9,11H2,1-4H3. The first-order valence-corrected chi connectivity index (χ1v) is 6.76. The summed E-state index contributed by atoms with van der Waals surface area (Å²) in [5.41, 5.74) is 1.42. The molecule has 0 aliphatic rings. The van der Waals surface area contributed by atoms with Gasteiger partial charge in [0.2, 0.25) is 0 Å². The molecule has 0 spiro atoms. The van der Waals surface area contributed by atoms with Crippen LogP contribution in [-0.4, -0.2) is 43.5 Å². The van der Waals surface area contributed by atoms with E-state index in [-0.39, 0.29) is 5.41 Å². The smallest absolute Gasteiger partial charge is 0.0948 e. The summed E-state index contributed by atoms with van der Waals surface area (Å²) < 4.78 is 12.4. The van der Waals surface area contributed by atoms with Crippen molar-refractivity contribution < 1.29 is 9.47 Å². The first-order chi connectivity index (χ1) is 9.09. The minimum absolute atomic E-state index is 0.206. The molecule has 0 aliphatic carbocycles. The molecule has 0 saturated heterocycles. The lowest BCUT2D eigenvalue weighted by atomic mass is 9.89. The lowest BCUT2D eigenvalue weighted by Crippen LogP contribution is -2.25. The van der Waals surface area contributed by atoms with Crippen LogP contribution < -0.4 is 5.32 Å². The Hall–Kier alpha value is -0.910. The molecular weight excluding hydrogens is 242 g/mol. The van der Waals surface area contributed by atoms with Crippen LogP contribution in [0.4, 0.5) is 0 Å². The van der Waals surface area contributed by atoms with Gasteiger partial charge >= 0.3 is 0 Å². The van der Waals surface area contributed by atoms with Crippen molar-refractivity contribution in [2.75, 3.05) is 34.0 Å². The average Bonchev–Trinajstić information content (AvgIpc) is 2.79. The van der Waals surface area contributed by atoms with E-state index in [0.29, 0.717) is 0 Å². The Labute approximate surface area is 116 Å². The molecule has 5 heteroatoms. The van der Waals surface area contributed by atoms with Crippen molar-refractivity contribution in [1.82, 2.24) is 14.9 Å². The highest BCUT2D eigenvalue weighted by molar-refractivity contribution is 4.98. The molecular formula is C14H27N3O2. The van der Waals surface area contributed by atoms with Gasteiger partial charge in [0.1, 0.15) is 0 Å². The van der Waals surface area contributed by atoms with Gasteiger partial charge in [0.05, 0.1) is 18.6 Å². The number of rotatable bonds is 10. The fourth-order valence-corrected chi connectivity index (χ4v) is 1.95. The maximum Gasteiger partial charge on any atom is 0.0948 e. The van der Waals surface area contributed by atoms with Crippen LogP contribution in [0.15, 0.2) is 12.5 Å². The molecule has 0 atom stereocenters. The van der Waals surface area contributed by atoms with Gasteiger partial charge < -0.3 is 19.4 Å². The van der Waals surface area contributed by atoms with Gasteiger partial charge in [0.25, 0.3) is 0 Å². The summed E-state index contributed by atoms with van der Waals surface area (Å²) in [7, 11) is 3.46. The van der Waals surface area contributed by atoms with Crippen molar-refractivity contribution in [3.05, 3.63) is 18.2 Å². The summed E-state index contributed by atoms with van der Waals surface area (Å²) in [6.07, 6.45) is 4.87. The van der Waals surface area contributed by atoms with Gasteiger partial charge in [-0.2, -0.15) is 0 Å². The van der Waals surface area contributed by atoms with Gasteiger partial charge in [-0.05, 0) is 11.8 Å². The molecule has 0 radical (unpaired) electrons. The predicted octanol–water partition coefficient (Wildman–Crippen LogP) is 1.68. The zero-order valence-electron chi connectivity index (χ0n) is 12.6. The molecule has 0 aliphatic heterocycles. The van der Waals surface area contributed by atoms with E-state index in [2.05, 4.69) is 28.7 Å². The molecule has 19 heavy (non-hydrogen) atoms. The molecule has 0 saturated carbocycles. The van der Waals surface area contributed by atoms with Crippen LogP contribution in [-0.2, 0) is 22.6 Å². The molecule has 0 unspecified atom stereocenters. The van der Waals surface area contributed by atoms with Crippen molar-refractivity contribution in [3.8, 4) is 0 Å².